The molecule has 2 heterocycles. The Bertz CT molecular complexity index is 705. The first-order valence-corrected chi connectivity index (χ1v) is 10.3. The first-order valence-electron chi connectivity index (χ1n) is 9.88. The second-order valence-electron chi connectivity index (χ2n) is 6.94. The quantitative estimate of drug-likeness (QED) is 0.356. The van der Waals surface area contributed by atoms with Gasteiger partial charge in [-0.3, -0.25) is 4.79 Å². The first kappa shape index (κ1) is 24.0. The van der Waals surface area contributed by atoms with Crippen LogP contribution >= 0.6 is 35.6 Å². The second-order valence-corrected chi connectivity index (χ2v) is 7.38. The van der Waals surface area contributed by atoms with Crippen LogP contribution in [0.25, 0.3) is 0 Å². The summed E-state index contributed by atoms with van der Waals surface area (Å²) in [6, 6.07) is 5.58. The highest BCUT2D eigenvalue weighted by Gasteiger charge is 2.30. The molecule has 3 rings (SSSR count). The highest BCUT2D eigenvalue weighted by molar-refractivity contribution is 14.0. The Morgan fingerprint density at radius 1 is 1.31 bits per heavy atom. The molecule has 0 aliphatic carbocycles. The number of halogens is 2. The minimum Gasteiger partial charge on any atom is -0.496 e. The van der Waals surface area contributed by atoms with Gasteiger partial charge < -0.3 is 24.6 Å². The highest BCUT2D eigenvalue weighted by atomic mass is 127. The average Bonchev–Trinajstić information content (AvgIpc) is 3.26. The zero-order valence-corrected chi connectivity index (χ0v) is 20.1. The number of piperazine rings is 1. The number of carbonyl (C=O) groups is 1. The predicted octanol–water partition coefficient (Wildman–Crippen LogP) is 2.76. The molecule has 29 heavy (non-hydrogen) atoms. The number of hydrogen-bond acceptors (Lipinski definition) is 4. The Morgan fingerprint density at radius 3 is 2.66 bits per heavy atom. The van der Waals surface area contributed by atoms with E-state index in [2.05, 4.69) is 17.1 Å². The lowest BCUT2D eigenvalue weighted by Gasteiger charge is -2.37. The molecule has 7 nitrogen and oxygen atoms in total. The molecule has 1 N–H and O–H groups in total. The third-order valence-electron chi connectivity index (χ3n) is 5.08. The number of benzene rings is 1. The molecule has 0 bridgehead atoms. The summed E-state index contributed by atoms with van der Waals surface area (Å²) in [6.45, 7) is 6.91. The van der Waals surface area contributed by atoms with Crippen LogP contribution in [0.2, 0.25) is 5.02 Å². The topological polar surface area (TPSA) is 66.4 Å². The second kappa shape index (κ2) is 11.8. The zero-order valence-electron chi connectivity index (χ0n) is 17.0. The maximum absolute atomic E-state index is 12.5. The molecule has 1 unspecified atom stereocenters. The molecule has 162 valence electrons. The average molecular weight is 537 g/mol. The molecule has 1 aromatic carbocycles. The molecule has 2 fully saturated rings. The molecule has 9 heteroatoms. The van der Waals surface area contributed by atoms with E-state index in [1.54, 1.807) is 13.2 Å². The van der Waals surface area contributed by atoms with Crippen molar-refractivity contribution in [1.29, 1.82) is 0 Å². The fourth-order valence-corrected chi connectivity index (χ4v) is 3.71. The minimum absolute atomic E-state index is 0. The van der Waals surface area contributed by atoms with E-state index >= 15 is 0 Å². The largest absolute Gasteiger partial charge is 0.496 e. The smallest absolute Gasteiger partial charge is 0.251 e. The van der Waals surface area contributed by atoms with E-state index in [9.17, 15) is 4.79 Å². The minimum atomic E-state index is -0.245. The van der Waals surface area contributed by atoms with Crippen molar-refractivity contribution in [2.24, 2.45) is 4.99 Å². The van der Waals surface area contributed by atoms with Crippen molar-refractivity contribution in [3.63, 3.8) is 0 Å². The van der Waals surface area contributed by atoms with E-state index in [-0.39, 0.29) is 36.0 Å². The molecule has 2 saturated heterocycles. The van der Waals surface area contributed by atoms with Crippen molar-refractivity contribution in [3.05, 3.63) is 28.8 Å². The predicted molar refractivity (Wildman–Crippen MR) is 125 cm³/mol. The van der Waals surface area contributed by atoms with Gasteiger partial charge in [0.15, 0.2) is 5.96 Å². The molecule has 0 radical (unpaired) electrons. The molecule has 0 saturated carbocycles. The molecule has 1 atom stereocenters. The lowest BCUT2D eigenvalue weighted by Crippen LogP contribution is -2.55. The Kier molecular flexibility index (Phi) is 9.78. The molecule has 1 aromatic rings. The van der Waals surface area contributed by atoms with Gasteiger partial charge in [-0.1, -0.05) is 17.7 Å². The number of guanidine groups is 1. The summed E-state index contributed by atoms with van der Waals surface area (Å²) in [5.41, 5.74) is 0.981. The maximum atomic E-state index is 12.5. The summed E-state index contributed by atoms with van der Waals surface area (Å²) in [5, 5.41) is 3.99. The zero-order chi connectivity index (χ0) is 19.9. The lowest BCUT2D eigenvalue weighted by atomic mass is 10.2. The Balaban J connectivity index is 0.00000300. The van der Waals surface area contributed by atoms with Gasteiger partial charge in [0, 0.05) is 49.9 Å². The number of nitrogens with zero attached hydrogens (tertiary/aromatic N) is 3. The number of aliphatic imine (C=N–C) groups is 1. The van der Waals surface area contributed by atoms with Gasteiger partial charge in [0.25, 0.3) is 5.91 Å². The van der Waals surface area contributed by atoms with E-state index in [1.165, 1.54) is 0 Å². The van der Waals surface area contributed by atoms with Gasteiger partial charge in [0.05, 0.1) is 13.7 Å². The Labute approximate surface area is 194 Å². The summed E-state index contributed by atoms with van der Waals surface area (Å²) in [6.07, 6.45) is 1.57. The van der Waals surface area contributed by atoms with Crippen LogP contribution in [0.3, 0.4) is 0 Å². The van der Waals surface area contributed by atoms with Gasteiger partial charge in [0.2, 0.25) is 0 Å². The third kappa shape index (κ3) is 6.36. The molecule has 0 spiro atoms. The first-order chi connectivity index (χ1) is 13.6. The summed E-state index contributed by atoms with van der Waals surface area (Å²) in [4.78, 5) is 21.4. The van der Waals surface area contributed by atoms with E-state index in [0.717, 1.165) is 49.7 Å². The van der Waals surface area contributed by atoms with Gasteiger partial charge in [0.1, 0.15) is 11.9 Å². The monoisotopic (exact) mass is 536 g/mol. The van der Waals surface area contributed by atoms with Crippen molar-refractivity contribution >= 4 is 47.4 Å². The third-order valence-corrected chi connectivity index (χ3v) is 5.31. The van der Waals surface area contributed by atoms with Crippen LogP contribution in [0.4, 0.5) is 0 Å². The number of hydrogen-bond donors (Lipinski definition) is 1. The van der Waals surface area contributed by atoms with Crippen molar-refractivity contribution in [2.45, 2.75) is 32.4 Å². The van der Waals surface area contributed by atoms with Crippen LogP contribution < -0.4 is 10.1 Å². The van der Waals surface area contributed by atoms with Crippen molar-refractivity contribution in [3.8, 4) is 5.75 Å². The number of amides is 1. The number of nitrogens with one attached hydrogen (secondary N) is 1. The van der Waals surface area contributed by atoms with Crippen molar-refractivity contribution in [1.82, 2.24) is 15.1 Å². The summed E-state index contributed by atoms with van der Waals surface area (Å²) in [7, 11) is 1.63. The van der Waals surface area contributed by atoms with Crippen LogP contribution in [-0.4, -0.2) is 74.2 Å². The van der Waals surface area contributed by atoms with Gasteiger partial charge in [-0.25, -0.2) is 4.99 Å². The van der Waals surface area contributed by atoms with Crippen LogP contribution in [0.15, 0.2) is 23.2 Å². The molecular weight excluding hydrogens is 507 g/mol. The van der Waals surface area contributed by atoms with E-state index in [1.807, 2.05) is 17.0 Å². The fourth-order valence-electron chi connectivity index (χ4n) is 3.55. The standard InChI is InChI=1S/C20H29ClN4O3.HI/c1-3-22-20(23-14-15-6-7-16(21)13-18(15)27-2)25-10-8-24(9-11-25)19(26)17-5-4-12-28-17;/h6-7,13,17H,3-5,8-12,14H2,1-2H3,(H,22,23);1H. The van der Waals surface area contributed by atoms with Gasteiger partial charge in [-0.05, 0) is 31.9 Å². The van der Waals surface area contributed by atoms with Crippen LogP contribution in [0.1, 0.15) is 25.3 Å². The molecule has 2 aliphatic heterocycles. The Morgan fingerprint density at radius 2 is 2.03 bits per heavy atom. The number of carbonyl (C=O) groups excluding carboxylic acids is 1. The SMILES string of the molecule is CCNC(=NCc1ccc(Cl)cc1OC)N1CCN(C(=O)C2CCCO2)CC1.I. The number of methoxy groups -OCH3 is 1. The highest BCUT2D eigenvalue weighted by Crippen LogP contribution is 2.24. The van der Waals surface area contributed by atoms with Crippen molar-refractivity contribution in [2.75, 3.05) is 46.4 Å². The van der Waals surface area contributed by atoms with E-state index in [0.29, 0.717) is 31.3 Å². The van der Waals surface area contributed by atoms with E-state index < -0.39 is 0 Å². The molecule has 0 aromatic heterocycles. The van der Waals surface area contributed by atoms with Gasteiger partial charge in [-0.15, -0.1) is 24.0 Å². The molecule has 1 amide bonds. The van der Waals surface area contributed by atoms with Crippen molar-refractivity contribution < 1.29 is 14.3 Å². The number of rotatable bonds is 5. The van der Waals surface area contributed by atoms with Gasteiger partial charge in [-0.2, -0.15) is 0 Å². The fraction of sp³-hybridized carbons (Fsp3) is 0.600. The normalized spacial score (nSPS) is 19.7. The summed E-state index contributed by atoms with van der Waals surface area (Å²) < 4.78 is 10.9. The Hall–Kier alpha value is -1.26. The van der Waals surface area contributed by atoms with Crippen LogP contribution in [-0.2, 0) is 16.1 Å². The maximum Gasteiger partial charge on any atom is 0.251 e. The summed E-state index contributed by atoms with van der Waals surface area (Å²) in [5.74, 6) is 1.72. The summed E-state index contributed by atoms with van der Waals surface area (Å²) >= 11 is 6.04. The van der Waals surface area contributed by atoms with E-state index in [4.69, 9.17) is 26.1 Å². The molecule has 2 aliphatic rings. The van der Waals surface area contributed by atoms with Gasteiger partial charge >= 0.3 is 0 Å². The van der Waals surface area contributed by atoms with Crippen LogP contribution in [0.5, 0.6) is 5.75 Å². The molecular formula is C20H30ClIN4O3. The number of ether oxygens (including phenoxy) is 2. The van der Waals surface area contributed by atoms with Crippen LogP contribution in [0, 0.1) is 0 Å². The lowest BCUT2D eigenvalue weighted by molar-refractivity contribution is -0.142.